The molecule has 1 N–H and O–H groups in total. The minimum absolute atomic E-state index is 0.0616. The van der Waals surface area contributed by atoms with Gasteiger partial charge in [-0.3, -0.25) is 9.48 Å². The van der Waals surface area contributed by atoms with Gasteiger partial charge in [0, 0.05) is 17.6 Å². The van der Waals surface area contributed by atoms with Crippen LogP contribution in [0.4, 0.5) is 11.6 Å². The first kappa shape index (κ1) is 25.1. The quantitative estimate of drug-likeness (QED) is 0.231. The topological polar surface area (TPSA) is 108 Å². The molecule has 4 aliphatic rings. The van der Waals surface area contributed by atoms with Crippen LogP contribution >= 0.6 is 43.5 Å². The number of benzene rings is 1. The summed E-state index contributed by atoms with van der Waals surface area (Å²) in [5.41, 5.74) is 0.521. The number of carbonyl (C=O) groups is 1. The van der Waals surface area contributed by atoms with Crippen molar-refractivity contribution in [3.8, 4) is 0 Å². The molecule has 2 heterocycles. The van der Waals surface area contributed by atoms with Crippen molar-refractivity contribution in [2.75, 3.05) is 5.32 Å². The number of hydrogen-bond donors (Lipinski definition) is 1. The van der Waals surface area contributed by atoms with E-state index in [-0.39, 0.29) is 22.7 Å². The summed E-state index contributed by atoms with van der Waals surface area (Å²) in [6.07, 6.45) is 9.86. The van der Waals surface area contributed by atoms with Gasteiger partial charge in [-0.2, -0.15) is 9.78 Å². The van der Waals surface area contributed by atoms with E-state index in [1.807, 2.05) is 35.1 Å². The van der Waals surface area contributed by atoms with Gasteiger partial charge in [0.1, 0.15) is 4.47 Å². The predicted octanol–water partition coefficient (Wildman–Crippen LogP) is 6.54. The first-order valence-electron chi connectivity index (χ1n) is 12.3. The molecule has 7 rings (SSSR count). The van der Waals surface area contributed by atoms with Gasteiger partial charge in [-0.1, -0.05) is 29.8 Å². The zero-order valence-electron chi connectivity index (χ0n) is 19.9. The molecule has 2 aromatic heterocycles. The number of nitrogens with zero attached hydrogens (tertiary/aromatic N) is 5. The van der Waals surface area contributed by atoms with E-state index >= 15 is 0 Å². The van der Waals surface area contributed by atoms with Gasteiger partial charge in [0.05, 0.1) is 27.9 Å². The summed E-state index contributed by atoms with van der Waals surface area (Å²) in [6, 6.07) is 7.61. The summed E-state index contributed by atoms with van der Waals surface area (Å²) >= 11 is 13.1. The van der Waals surface area contributed by atoms with Gasteiger partial charge < -0.3 is 15.4 Å². The second kappa shape index (κ2) is 9.20. The molecule has 4 saturated carbocycles. The van der Waals surface area contributed by atoms with Gasteiger partial charge in [-0.25, -0.2) is 0 Å². The molecule has 0 radical (unpaired) electrons. The fourth-order valence-electron chi connectivity index (χ4n) is 7.47. The molecule has 194 valence electrons. The summed E-state index contributed by atoms with van der Waals surface area (Å²) in [6.45, 7) is 0.496. The van der Waals surface area contributed by atoms with Gasteiger partial charge in [-0.05, 0) is 104 Å². The molecule has 9 nitrogen and oxygen atoms in total. The molecule has 4 aliphatic carbocycles. The number of nitrogens with one attached hydrogen (secondary N) is 1. The Kier molecular flexibility index (Phi) is 6.23. The minimum Gasteiger partial charge on any atom is -0.358 e. The predicted molar refractivity (Wildman–Crippen MR) is 145 cm³/mol. The molecule has 37 heavy (non-hydrogen) atoms. The zero-order valence-corrected chi connectivity index (χ0v) is 23.8. The molecule has 1 aromatic carbocycles. The number of rotatable bonds is 7. The molecule has 1 amide bonds. The Morgan fingerprint density at radius 1 is 1.14 bits per heavy atom. The summed E-state index contributed by atoms with van der Waals surface area (Å²) in [7, 11) is 0. The Balaban J connectivity index is 1.19. The second-order valence-corrected chi connectivity index (χ2v) is 13.1. The van der Waals surface area contributed by atoms with E-state index in [9.17, 15) is 14.9 Å². The first-order valence-corrected chi connectivity index (χ1v) is 14.3. The van der Waals surface area contributed by atoms with Crippen LogP contribution in [0, 0.1) is 27.4 Å². The maximum atomic E-state index is 13.3. The van der Waals surface area contributed by atoms with Gasteiger partial charge in [-0.15, -0.1) is 0 Å². The fourth-order valence-corrected chi connectivity index (χ4v) is 8.50. The zero-order chi connectivity index (χ0) is 25.9. The van der Waals surface area contributed by atoms with Crippen molar-refractivity contribution in [1.29, 1.82) is 0 Å². The molecule has 0 spiro atoms. The van der Waals surface area contributed by atoms with Gasteiger partial charge in [0.25, 0.3) is 0 Å². The van der Waals surface area contributed by atoms with E-state index < -0.39 is 4.92 Å². The lowest BCUT2D eigenvalue weighted by Crippen LogP contribution is -2.57. The molecular formula is C25H25Br2ClN6O3. The molecule has 0 aliphatic heterocycles. The van der Waals surface area contributed by atoms with Crippen LogP contribution in [-0.4, -0.2) is 30.4 Å². The molecule has 0 saturated heterocycles. The molecule has 4 fully saturated rings. The van der Waals surface area contributed by atoms with E-state index in [2.05, 4.69) is 47.4 Å². The van der Waals surface area contributed by atoms with Crippen molar-refractivity contribution in [2.45, 2.75) is 57.0 Å². The average Bonchev–Trinajstić information content (AvgIpc) is 3.36. The molecule has 4 bridgehead atoms. The van der Waals surface area contributed by atoms with Gasteiger partial charge in [0.2, 0.25) is 5.91 Å². The molecule has 12 heteroatoms. The largest absolute Gasteiger partial charge is 0.404 e. The number of amides is 1. The van der Waals surface area contributed by atoms with Crippen LogP contribution in [-0.2, 0) is 16.9 Å². The average molecular weight is 653 g/mol. The highest BCUT2D eigenvalue weighted by molar-refractivity contribution is 9.11. The number of nitro groups is 1. The normalized spacial score (nSPS) is 28.0. The van der Waals surface area contributed by atoms with Gasteiger partial charge in [0.15, 0.2) is 5.82 Å². The molecule has 2 unspecified atom stereocenters. The van der Waals surface area contributed by atoms with Crippen molar-refractivity contribution < 1.29 is 9.72 Å². The highest BCUT2D eigenvalue weighted by atomic mass is 79.9. The second-order valence-electron chi connectivity index (χ2n) is 11.0. The Morgan fingerprint density at radius 3 is 2.54 bits per heavy atom. The van der Waals surface area contributed by atoms with Crippen LogP contribution in [0.15, 0.2) is 45.6 Å². The van der Waals surface area contributed by atoms with Crippen molar-refractivity contribution >= 4 is 61.0 Å². The molecular weight excluding hydrogens is 628 g/mol. The summed E-state index contributed by atoms with van der Waals surface area (Å²) in [5, 5.41) is 24.0. The lowest BCUT2D eigenvalue weighted by Gasteiger charge is -2.61. The van der Waals surface area contributed by atoms with Gasteiger partial charge >= 0.3 is 5.82 Å². The third kappa shape index (κ3) is 4.63. The van der Waals surface area contributed by atoms with Crippen molar-refractivity contribution in [3.05, 3.63) is 66.3 Å². The third-order valence-electron chi connectivity index (χ3n) is 8.26. The van der Waals surface area contributed by atoms with Crippen LogP contribution in [0.3, 0.4) is 0 Å². The van der Waals surface area contributed by atoms with Crippen LogP contribution < -0.4 is 5.32 Å². The monoisotopic (exact) mass is 650 g/mol. The lowest BCUT2D eigenvalue weighted by atomic mass is 9.46. The Hall–Kier alpha value is -2.24. The standard InChI is InChI=1S/C25H25Br2ClN6O3/c26-18-12-32(11-17-3-1-2-4-20(17)28)30-22(18)29-21(35)10-24-6-15-5-16(7-24)9-25(8-15,14-24)33-13-19(27)23(31-33)34(36)37/h1-4,12-13,15-16H,5-11,14H2,(H,29,30,35). The Labute approximate surface area is 235 Å². The molecule has 2 atom stereocenters. The third-order valence-corrected chi connectivity index (χ3v) is 9.77. The summed E-state index contributed by atoms with van der Waals surface area (Å²) in [5.74, 6) is 1.27. The highest BCUT2D eigenvalue weighted by Crippen LogP contribution is 2.65. The number of carbonyl (C=O) groups excluding carboxylic acids is 1. The SMILES string of the molecule is O=C(CC12CC3CC(C1)CC(n1cc(Br)c([N+](=O)[O-])n1)(C3)C2)Nc1nn(Cc2ccccc2Cl)cc1Br. The van der Waals surface area contributed by atoms with Crippen LogP contribution in [0.2, 0.25) is 5.02 Å². The highest BCUT2D eigenvalue weighted by Gasteiger charge is 2.60. The van der Waals surface area contributed by atoms with E-state index in [4.69, 9.17) is 11.6 Å². The number of halogens is 3. The minimum atomic E-state index is -0.451. The van der Waals surface area contributed by atoms with Crippen LogP contribution in [0.5, 0.6) is 0 Å². The van der Waals surface area contributed by atoms with Crippen molar-refractivity contribution in [2.24, 2.45) is 17.3 Å². The van der Waals surface area contributed by atoms with E-state index in [1.54, 1.807) is 10.9 Å². The van der Waals surface area contributed by atoms with E-state index in [0.29, 0.717) is 44.6 Å². The number of anilines is 1. The maximum absolute atomic E-state index is 13.3. The lowest BCUT2D eigenvalue weighted by molar-refractivity contribution is -0.390. The number of hydrogen-bond acceptors (Lipinski definition) is 5. The first-order chi connectivity index (χ1) is 17.6. The fraction of sp³-hybridized carbons (Fsp3) is 0.480. The van der Waals surface area contributed by atoms with Crippen molar-refractivity contribution in [1.82, 2.24) is 19.6 Å². The van der Waals surface area contributed by atoms with Crippen molar-refractivity contribution in [3.63, 3.8) is 0 Å². The summed E-state index contributed by atoms with van der Waals surface area (Å²) < 4.78 is 4.69. The van der Waals surface area contributed by atoms with Crippen LogP contribution in [0.25, 0.3) is 0 Å². The van der Waals surface area contributed by atoms with E-state index in [0.717, 1.165) is 44.1 Å². The Bertz CT molecular complexity index is 1390. The smallest absolute Gasteiger partial charge is 0.358 e. The van der Waals surface area contributed by atoms with Crippen LogP contribution in [0.1, 0.15) is 50.5 Å². The maximum Gasteiger partial charge on any atom is 0.404 e. The van der Waals surface area contributed by atoms with E-state index in [1.165, 1.54) is 0 Å². The summed E-state index contributed by atoms with van der Waals surface area (Å²) in [4.78, 5) is 24.3. The Morgan fingerprint density at radius 2 is 1.86 bits per heavy atom. The molecule has 3 aromatic rings. The number of aromatic nitrogens is 4.